The molecule has 0 fully saturated rings. The standard InChI is InChI=1S/C24H22N4O2S/c1-17-8-3-5-11-21(17)28-23(19-9-7-13-25-16-19)26-27-24(28)31-15-14-30-22-12-6-4-10-20(22)18(2)29/h3-13,16H,14-15H2,1-2H3. The third-order valence-electron chi connectivity index (χ3n) is 4.75. The van der Waals surface area contributed by atoms with Crippen LogP contribution >= 0.6 is 11.8 Å². The Bertz CT molecular complexity index is 1190. The highest BCUT2D eigenvalue weighted by Crippen LogP contribution is 2.29. The average Bonchev–Trinajstić information content (AvgIpc) is 3.21. The molecule has 0 saturated carbocycles. The van der Waals surface area contributed by atoms with Crippen LogP contribution in [-0.2, 0) is 0 Å². The molecule has 0 N–H and O–H groups in total. The van der Waals surface area contributed by atoms with Crippen LogP contribution in [0.2, 0.25) is 0 Å². The SMILES string of the molecule is CC(=O)c1ccccc1OCCSc1nnc(-c2cccnc2)n1-c1ccccc1C. The molecule has 7 heteroatoms. The van der Waals surface area contributed by atoms with Crippen LogP contribution in [0.1, 0.15) is 22.8 Å². The number of ether oxygens (including phenoxy) is 1. The molecule has 2 aromatic carbocycles. The number of nitrogens with zero attached hydrogens (tertiary/aromatic N) is 4. The number of pyridine rings is 1. The molecule has 156 valence electrons. The second-order valence-electron chi connectivity index (χ2n) is 6.92. The number of carbonyl (C=O) groups is 1. The van der Waals surface area contributed by atoms with Gasteiger partial charge in [0.2, 0.25) is 0 Å². The number of ketones is 1. The third-order valence-corrected chi connectivity index (χ3v) is 5.64. The zero-order valence-electron chi connectivity index (χ0n) is 17.4. The lowest BCUT2D eigenvalue weighted by Gasteiger charge is -2.13. The number of hydrogen-bond donors (Lipinski definition) is 0. The summed E-state index contributed by atoms with van der Waals surface area (Å²) in [5, 5.41) is 9.66. The average molecular weight is 431 g/mol. The number of thioether (sulfide) groups is 1. The van der Waals surface area contributed by atoms with E-state index in [4.69, 9.17) is 4.74 Å². The van der Waals surface area contributed by atoms with Gasteiger partial charge in [0.05, 0.1) is 17.9 Å². The Morgan fingerprint density at radius 2 is 1.84 bits per heavy atom. The zero-order valence-corrected chi connectivity index (χ0v) is 18.2. The summed E-state index contributed by atoms with van der Waals surface area (Å²) in [5.74, 6) is 1.99. The Hall–Kier alpha value is -3.45. The minimum absolute atomic E-state index is 0.0105. The van der Waals surface area contributed by atoms with E-state index in [9.17, 15) is 4.79 Å². The minimum atomic E-state index is -0.0105. The largest absolute Gasteiger partial charge is 0.492 e. The van der Waals surface area contributed by atoms with Gasteiger partial charge in [-0.25, -0.2) is 0 Å². The molecule has 0 radical (unpaired) electrons. The van der Waals surface area contributed by atoms with Gasteiger partial charge in [-0.15, -0.1) is 10.2 Å². The van der Waals surface area contributed by atoms with Crippen molar-refractivity contribution in [2.24, 2.45) is 0 Å². The van der Waals surface area contributed by atoms with Gasteiger partial charge in [-0.1, -0.05) is 42.1 Å². The summed E-state index contributed by atoms with van der Waals surface area (Å²) < 4.78 is 7.93. The Balaban J connectivity index is 1.56. The highest BCUT2D eigenvalue weighted by atomic mass is 32.2. The number of benzene rings is 2. The van der Waals surface area contributed by atoms with E-state index in [1.807, 2.05) is 42.5 Å². The number of Topliss-reactive ketones (excluding diaryl/α,β-unsaturated/α-hetero) is 1. The van der Waals surface area contributed by atoms with E-state index >= 15 is 0 Å². The van der Waals surface area contributed by atoms with Gasteiger partial charge in [-0.3, -0.25) is 14.3 Å². The van der Waals surface area contributed by atoms with Gasteiger partial charge in [0, 0.05) is 23.7 Å². The maximum atomic E-state index is 11.8. The molecule has 2 heterocycles. The molecule has 0 spiro atoms. The van der Waals surface area contributed by atoms with Crippen LogP contribution in [0.5, 0.6) is 5.75 Å². The first-order valence-corrected chi connectivity index (χ1v) is 10.9. The maximum absolute atomic E-state index is 11.8. The molecule has 2 aromatic heterocycles. The van der Waals surface area contributed by atoms with E-state index in [1.54, 1.807) is 37.1 Å². The molecule has 4 aromatic rings. The van der Waals surface area contributed by atoms with E-state index in [2.05, 4.69) is 38.8 Å². The fraction of sp³-hybridized carbons (Fsp3) is 0.167. The monoisotopic (exact) mass is 430 g/mol. The summed E-state index contributed by atoms with van der Waals surface area (Å²) in [6.45, 7) is 4.05. The van der Waals surface area contributed by atoms with Gasteiger partial charge in [-0.05, 0) is 49.7 Å². The van der Waals surface area contributed by atoms with Crippen LogP contribution in [0.25, 0.3) is 17.1 Å². The Kier molecular flexibility index (Phi) is 6.43. The van der Waals surface area contributed by atoms with E-state index in [0.29, 0.717) is 23.7 Å². The van der Waals surface area contributed by atoms with E-state index in [0.717, 1.165) is 27.8 Å². The summed E-state index contributed by atoms with van der Waals surface area (Å²) >= 11 is 1.56. The van der Waals surface area contributed by atoms with Crippen LogP contribution in [0.4, 0.5) is 0 Å². The molecule has 0 aliphatic rings. The van der Waals surface area contributed by atoms with E-state index in [1.165, 1.54) is 0 Å². The fourth-order valence-electron chi connectivity index (χ4n) is 3.24. The van der Waals surface area contributed by atoms with Crippen molar-refractivity contribution in [2.45, 2.75) is 19.0 Å². The summed E-state index contributed by atoms with van der Waals surface area (Å²) in [4.78, 5) is 16.0. The molecule has 0 aliphatic carbocycles. The number of rotatable bonds is 8. The van der Waals surface area contributed by atoms with E-state index in [-0.39, 0.29) is 5.78 Å². The zero-order chi connectivity index (χ0) is 21.6. The van der Waals surface area contributed by atoms with Gasteiger partial charge < -0.3 is 4.74 Å². The van der Waals surface area contributed by atoms with Gasteiger partial charge in [0.1, 0.15) is 5.75 Å². The van der Waals surface area contributed by atoms with Crippen molar-refractivity contribution in [2.75, 3.05) is 12.4 Å². The van der Waals surface area contributed by atoms with Crippen LogP contribution < -0.4 is 4.74 Å². The summed E-state index contributed by atoms with van der Waals surface area (Å²) in [7, 11) is 0. The van der Waals surface area contributed by atoms with Gasteiger partial charge in [0.15, 0.2) is 16.8 Å². The molecule has 0 saturated heterocycles. The van der Waals surface area contributed by atoms with Crippen LogP contribution in [-0.4, -0.2) is 37.9 Å². The first-order valence-electron chi connectivity index (χ1n) is 9.92. The lowest BCUT2D eigenvalue weighted by molar-refractivity contribution is 0.101. The molecule has 31 heavy (non-hydrogen) atoms. The Morgan fingerprint density at radius 1 is 1.03 bits per heavy atom. The summed E-state index contributed by atoms with van der Waals surface area (Å²) in [6.07, 6.45) is 3.53. The molecular weight excluding hydrogens is 408 g/mol. The molecule has 0 bridgehead atoms. The maximum Gasteiger partial charge on any atom is 0.196 e. The Morgan fingerprint density at radius 3 is 2.61 bits per heavy atom. The normalized spacial score (nSPS) is 10.8. The molecule has 0 unspecified atom stereocenters. The number of carbonyl (C=O) groups excluding carboxylic acids is 1. The quantitative estimate of drug-likeness (QED) is 0.222. The van der Waals surface area contributed by atoms with Crippen molar-refractivity contribution >= 4 is 17.5 Å². The van der Waals surface area contributed by atoms with Crippen LogP contribution in [0.15, 0.2) is 78.2 Å². The molecule has 0 aliphatic heterocycles. The van der Waals surface area contributed by atoms with Gasteiger partial charge in [-0.2, -0.15) is 0 Å². The van der Waals surface area contributed by atoms with Crippen LogP contribution in [0, 0.1) is 6.92 Å². The van der Waals surface area contributed by atoms with Gasteiger partial charge in [0.25, 0.3) is 0 Å². The molecule has 0 amide bonds. The molecular formula is C24H22N4O2S. The smallest absolute Gasteiger partial charge is 0.196 e. The molecule has 6 nitrogen and oxygen atoms in total. The second-order valence-corrected chi connectivity index (χ2v) is 7.98. The minimum Gasteiger partial charge on any atom is -0.492 e. The lowest BCUT2D eigenvalue weighted by atomic mass is 10.1. The molecule has 4 rings (SSSR count). The Labute approximate surface area is 185 Å². The topological polar surface area (TPSA) is 69.9 Å². The number of para-hydroxylation sites is 2. The van der Waals surface area contributed by atoms with Crippen molar-refractivity contribution in [1.82, 2.24) is 19.7 Å². The predicted molar refractivity (Wildman–Crippen MR) is 122 cm³/mol. The second kappa shape index (κ2) is 9.57. The number of aryl methyl sites for hydroxylation is 1. The molecule has 0 atom stereocenters. The third kappa shape index (κ3) is 4.67. The number of hydrogen-bond acceptors (Lipinski definition) is 6. The van der Waals surface area contributed by atoms with Gasteiger partial charge >= 0.3 is 0 Å². The lowest BCUT2D eigenvalue weighted by Crippen LogP contribution is -2.06. The predicted octanol–water partition coefficient (Wildman–Crippen LogP) is 5.01. The van der Waals surface area contributed by atoms with Crippen molar-refractivity contribution in [3.05, 3.63) is 84.2 Å². The van der Waals surface area contributed by atoms with Crippen molar-refractivity contribution in [3.63, 3.8) is 0 Å². The highest BCUT2D eigenvalue weighted by Gasteiger charge is 2.17. The first kappa shape index (κ1) is 20.8. The highest BCUT2D eigenvalue weighted by molar-refractivity contribution is 7.99. The van der Waals surface area contributed by atoms with Crippen LogP contribution in [0.3, 0.4) is 0 Å². The van der Waals surface area contributed by atoms with Crippen molar-refractivity contribution in [3.8, 4) is 22.8 Å². The summed E-state index contributed by atoms with van der Waals surface area (Å²) in [6, 6.07) is 19.3. The first-order chi connectivity index (χ1) is 15.1. The fourth-order valence-corrected chi connectivity index (χ4v) is 4.01. The summed E-state index contributed by atoms with van der Waals surface area (Å²) in [5.41, 5.74) is 3.64. The van der Waals surface area contributed by atoms with E-state index < -0.39 is 0 Å². The van der Waals surface area contributed by atoms with Crippen molar-refractivity contribution < 1.29 is 9.53 Å². The number of aromatic nitrogens is 4. The van der Waals surface area contributed by atoms with Crippen molar-refractivity contribution in [1.29, 1.82) is 0 Å².